The highest BCUT2D eigenvalue weighted by Gasteiger charge is 2.31. The highest BCUT2D eigenvalue weighted by molar-refractivity contribution is 4.87. The van der Waals surface area contributed by atoms with Gasteiger partial charge in [-0.15, -0.1) is 0 Å². The average Bonchev–Trinajstić information content (AvgIpc) is 3.02. The number of aliphatic hydroxyl groups is 2. The number of nitrogens with zero attached hydrogens (tertiary/aromatic N) is 4. The van der Waals surface area contributed by atoms with Crippen LogP contribution in [0.2, 0.25) is 0 Å². The van der Waals surface area contributed by atoms with E-state index in [9.17, 15) is 15.5 Å². The highest BCUT2D eigenvalue weighted by atomic mass is 16.5. The summed E-state index contributed by atoms with van der Waals surface area (Å²) in [6.07, 6.45) is -0.463. The van der Waals surface area contributed by atoms with Crippen molar-refractivity contribution in [1.82, 2.24) is 14.7 Å². The number of hydrogen-bond acceptors (Lipinski definition) is 12. The van der Waals surface area contributed by atoms with Crippen molar-refractivity contribution in [3.8, 4) is 6.07 Å². The third kappa shape index (κ3) is 15.2. The van der Waals surface area contributed by atoms with Gasteiger partial charge in [0, 0.05) is 64.3 Å². The molecule has 0 radical (unpaired) electrons. The number of aliphatic hydroxyl groups excluding tert-OH is 2. The molecule has 0 aromatic heterocycles. The fourth-order valence-corrected chi connectivity index (χ4v) is 5.17. The van der Waals surface area contributed by atoms with E-state index in [0.29, 0.717) is 85.7 Å². The molecule has 12 nitrogen and oxygen atoms in total. The van der Waals surface area contributed by atoms with Gasteiger partial charge < -0.3 is 38.6 Å². The Morgan fingerprint density at radius 2 is 1.02 bits per heavy atom. The van der Waals surface area contributed by atoms with Crippen LogP contribution in [0.15, 0.2) is 0 Å². The first kappa shape index (κ1) is 37.2. The van der Waals surface area contributed by atoms with Crippen LogP contribution in [-0.2, 0) is 28.4 Å². The monoisotopic (exact) mass is 602 g/mol. The highest BCUT2D eigenvalue weighted by Crippen LogP contribution is 2.25. The number of morpholine rings is 3. The van der Waals surface area contributed by atoms with E-state index >= 15 is 0 Å². The fourth-order valence-electron chi connectivity index (χ4n) is 5.17. The second-order valence-electron chi connectivity index (χ2n) is 11.3. The summed E-state index contributed by atoms with van der Waals surface area (Å²) in [6, 6.07) is 2.38. The van der Waals surface area contributed by atoms with E-state index in [1.807, 2.05) is 13.8 Å². The Hall–Kier alpha value is -0.950. The summed E-state index contributed by atoms with van der Waals surface area (Å²) in [5.41, 5.74) is -0.462. The molecule has 42 heavy (non-hydrogen) atoms. The summed E-state index contributed by atoms with van der Waals surface area (Å²) in [7, 11) is 0. The first-order valence-electron chi connectivity index (χ1n) is 15.9. The van der Waals surface area contributed by atoms with Crippen molar-refractivity contribution in [3.63, 3.8) is 0 Å². The van der Waals surface area contributed by atoms with Gasteiger partial charge in [-0.3, -0.25) is 14.7 Å². The quantitative estimate of drug-likeness (QED) is 0.211. The van der Waals surface area contributed by atoms with Gasteiger partial charge in [-0.2, -0.15) is 5.26 Å². The lowest BCUT2D eigenvalue weighted by molar-refractivity contribution is -0.100. The zero-order chi connectivity index (χ0) is 30.5. The third-order valence-electron chi connectivity index (χ3n) is 7.82. The first-order valence-corrected chi connectivity index (χ1v) is 15.9. The molecule has 3 heterocycles. The molecule has 0 aromatic rings. The SMILES string of the molecule is CC.CCC(COCC(O)CN1CCOCC1)(COCC(O)CN1CCOCC1)COCC(C#N)CN1CCOCC1. The molecule has 0 saturated carbocycles. The summed E-state index contributed by atoms with van der Waals surface area (Å²) >= 11 is 0. The lowest BCUT2D eigenvalue weighted by atomic mass is 9.88. The standard InChI is InChI=1S/C28H52N4O8.C2H6/c1-2-28(23-39-20-26(33)17-31-5-11-36-12-6-31,24-40-21-27(34)18-32-7-13-37-14-8-32)22-38-19-25(15-29)16-30-3-9-35-10-4-30;1-2/h25-27,33-34H,2-14,16-24H2,1H3;1-2H3. The molecule has 0 aliphatic carbocycles. The van der Waals surface area contributed by atoms with E-state index in [1.54, 1.807) is 0 Å². The number of nitriles is 1. The minimum Gasteiger partial charge on any atom is -0.389 e. The Morgan fingerprint density at radius 3 is 1.38 bits per heavy atom. The molecule has 3 aliphatic heterocycles. The smallest absolute Gasteiger partial charge is 0.0900 e. The summed E-state index contributed by atoms with van der Waals surface area (Å²) in [6.45, 7) is 18.7. The van der Waals surface area contributed by atoms with Gasteiger partial charge in [0.05, 0.1) is 103 Å². The maximum Gasteiger partial charge on any atom is 0.0900 e. The van der Waals surface area contributed by atoms with Crippen molar-refractivity contribution < 1.29 is 38.6 Å². The predicted molar refractivity (Wildman–Crippen MR) is 159 cm³/mol. The molecule has 0 spiro atoms. The number of ether oxygens (including phenoxy) is 6. The lowest BCUT2D eigenvalue weighted by Crippen LogP contribution is -2.44. The Balaban J connectivity index is 0.00000301. The van der Waals surface area contributed by atoms with E-state index < -0.39 is 17.6 Å². The molecular weight excluding hydrogens is 544 g/mol. The first-order chi connectivity index (χ1) is 20.5. The van der Waals surface area contributed by atoms with Gasteiger partial charge in [0.15, 0.2) is 0 Å². The Morgan fingerprint density at radius 1 is 0.667 bits per heavy atom. The van der Waals surface area contributed by atoms with Gasteiger partial charge in [-0.25, -0.2) is 0 Å². The molecule has 12 heteroatoms. The van der Waals surface area contributed by atoms with E-state index in [2.05, 4.69) is 27.7 Å². The van der Waals surface area contributed by atoms with Gasteiger partial charge in [-0.05, 0) is 6.42 Å². The van der Waals surface area contributed by atoms with Crippen LogP contribution >= 0.6 is 0 Å². The third-order valence-corrected chi connectivity index (χ3v) is 7.82. The molecule has 3 unspecified atom stereocenters. The maximum atomic E-state index is 10.5. The molecule has 246 valence electrons. The van der Waals surface area contributed by atoms with Crippen LogP contribution in [0.1, 0.15) is 27.2 Å². The van der Waals surface area contributed by atoms with Gasteiger partial charge in [-0.1, -0.05) is 20.8 Å². The van der Waals surface area contributed by atoms with Crippen LogP contribution in [0.4, 0.5) is 0 Å². The zero-order valence-electron chi connectivity index (χ0n) is 26.4. The van der Waals surface area contributed by atoms with E-state index in [0.717, 1.165) is 45.7 Å². The second-order valence-corrected chi connectivity index (χ2v) is 11.3. The van der Waals surface area contributed by atoms with E-state index in [4.69, 9.17) is 28.4 Å². The number of β-amino-alcohol motifs (C(OH)–C–C–N with tert-alkyl or cyclic N) is 2. The summed E-state index contributed by atoms with van der Waals surface area (Å²) in [4.78, 5) is 6.61. The molecule has 3 fully saturated rings. The maximum absolute atomic E-state index is 10.5. The average molecular weight is 603 g/mol. The minimum absolute atomic E-state index is 0.219. The predicted octanol–water partition coefficient (Wildman–Crippen LogP) is 0.317. The molecule has 0 bridgehead atoms. The Bertz CT molecular complexity index is 665. The van der Waals surface area contributed by atoms with Crippen LogP contribution in [0, 0.1) is 22.7 Å². The van der Waals surface area contributed by atoms with Crippen LogP contribution in [-0.4, -0.2) is 175 Å². The second kappa shape index (κ2) is 22.5. The largest absolute Gasteiger partial charge is 0.389 e. The van der Waals surface area contributed by atoms with E-state index in [-0.39, 0.29) is 19.1 Å². The van der Waals surface area contributed by atoms with Crippen molar-refractivity contribution in [2.24, 2.45) is 11.3 Å². The molecule has 0 amide bonds. The van der Waals surface area contributed by atoms with Crippen molar-refractivity contribution in [1.29, 1.82) is 5.26 Å². The van der Waals surface area contributed by atoms with Crippen molar-refractivity contribution >= 4 is 0 Å². The molecule has 3 rings (SSSR count). The Kier molecular flexibility index (Phi) is 20.0. The van der Waals surface area contributed by atoms with Gasteiger partial charge in [0.1, 0.15) is 0 Å². The zero-order valence-corrected chi connectivity index (χ0v) is 26.4. The van der Waals surface area contributed by atoms with Gasteiger partial charge >= 0.3 is 0 Å². The molecule has 2 N–H and O–H groups in total. The minimum atomic E-state index is -0.596. The van der Waals surface area contributed by atoms with Gasteiger partial charge in [0.2, 0.25) is 0 Å². The molecule has 0 aromatic carbocycles. The molecular formula is C30H58N4O8. The summed E-state index contributed by atoms with van der Waals surface area (Å²) in [5.74, 6) is -0.236. The van der Waals surface area contributed by atoms with Crippen LogP contribution in [0.25, 0.3) is 0 Å². The number of hydrogen-bond donors (Lipinski definition) is 2. The summed E-state index contributed by atoms with van der Waals surface area (Å²) in [5, 5.41) is 30.8. The summed E-state index contributed by atoms with van der Waals surface area (Å²) < 4.78 is 34.4. The van der Waals surface area contributed by atoms with Crippen LogP contribution < -0.4 is 0 Å². The fraction of sp³-hybridized carbons (Fsp3) is 0.967. The molecule has 3 saturated heterocycles. The van der Waals surface area contributed by atoms with Crippen molar-refractivity contribution in [2.75, 3.05) is 138 Å². The van der Waals surface area contributed by atoms with Crippen molar-refractivity contribution in [3.05, 3.63) is 0 Å². The topological polar surface area (TPSA) is 129 Å². The number of rotatable bonds is 19. The van der Waals surface area contributed by atoms with Crippen LogP contribution in [0.3, 0.4) is 0 Å². The Labute approximate surface area is 253 Å². The van der Waals surface area contributed by atoms with Crippen molar-refractivity contribution in [2.45, 2.75) is 39.4 Å². The molecule has 3 aliphatic rings. The normalized spacial score (nSPS) is 22.8. The lowest BCUT2D eigenvalue weighted by Gasteiger charge is -2.34. The van der Waals surface area contributed by atoms with E-state index in [1.165, 1.54) is 0 Å². The van der Waals surface area contributed by atoms with Crippen LogP contribution in [0.5, 0.6) is 0 Å². The van der Waals surface area contributed by atoms with Gasteiger partial charge in [0.25, 0.3) is 0 Å². The molecule has 3 atom stereocenters.